The fourth-order valence-corrected chi connectivity index (χ4v) is 5.26. The Balaban J connectivity index is 1.13. The summed E-state index contributed by atoms with van der Waals surface area (Å²) >= 11 is 2.31. The van der Waals surface area contributed by atoms with Gasteiger partial charge in [0.05, 0.1) is 13.2 Å². The molecule has 0 atom stereocenters. The van der Waals surface area contributed by atoms with E-state index in [1.165, 1.54) is 38.2 Å². The maximum Gasteiger partial charge on any atom is 0.336 e. The van der Waals surface area contributed by atoms with E-state index in [0.717, 1.165) is 50.2 Å². The molecule has 0 fully saturated rings. The number of unbranched alkanes of at least 4 members (excludes halogenated alkanes) is 5. The predicted molar refractivity (Wildman–Crippen MR) is 169 cm³/mol. The lowest BCUT2D eigenvalue weighted by molar-refractivity contribution is 0.304. The van der Waals surface area contributed by atoms with Gasteiger partial charge in [-0.1, -0.05) is 80.6 Å². The van der Waals surface area contributed by atoms with Crippen molar-refractivity contribution in [3.63, 3.8) is 0 Å². The minimum atomic E-state index is -0.376. The van der Waals surface area contributed by atoms with Gasteiger partial charge < -0.3 is 13.9 Å². The summed E-state index contributed by atoms with van der Waals surface area (Å²) in [6.07, 6.45) is 7.56. The molecule has 2 heterocycles. The van der Waals surface area contributed by atoms with Crippen molar-refractivity contribution in [3.05, 3.63) is 104 Å². The van der Waals surface area contributed by atoms with Gasteiger partial charge in [0.25, 0.3) is 0 Å². The van der Waals surface area contributed by atoms with Crippen LogP contribution in [0.4, 0.5) is 0 Å². The van der Waals surface area contributed by atoms with Crippen molar-refractivity contribution in [1.29, 1.82) is 0 Å². The lowest BCUT2D eigenvalue weighted by Gasteiger charge is -2.08. The van der Waals surface area contributed by atoms with Gasteiger partial charge in [0.1, 0.15) is 33.1 Å². The molecule has 0 aliphatic rings. The van der Waals surface area contributed by atoms with E-state index in [0.29, 0.717) is 24.5 Å². The molecule has 0 saturated carbocycles. The number of nitrogens with zero attached hydrogens (tertiary/aromatic N) is 3. The summed E-state index contributed by atoms with van der Waals surface area (Å²) in [7, 11) is 0. The molecular weight excluding hydrogens is 629 g/mol. The lowest BCUT2D eigenvalue weighted by atomic mass is 10.1. The van der Waals surface area contributed by atoms with Crippen molar-refractivity contribution in [3.8, 4) is 22.8 Å². The summed E-state index contributed by atoms with van der Waals surface area (Å²) in [6, 6.07) is 25.0. The molecule has 0 unspecified atom stereocenters. The quantitative estimate of drug-likeness (QED) is 0.0681. The number of rotatable bonds is 14. The fraction of sp³-hybridized carbons (Fsp3) is 0.303. The molecule has 41 heavy (non-hydrogen) atoms. The van der Waals surface area contributed by atoms with Crippen molar-refractivity contribution in [2.75, 3.05) is 6.61 Å². The normalized spacial score (nSPS) is 11.2. The molecule has 7 nitrogen and oxygen atoms in total. The van der Waals surface area contributed by atoms with Crippen molar-refractivity contribution in [2.45, 2.75) is 58.6 Å². The SMILES string of the molecule is CCCCCCCCOc1ccc(Cn2nnc(-c3ccc(COc4ccc5ccc(=O)oc5c4)cc3)c2I)cc1. The van der Waals surface area contributed by atoms with Crippen LogP contribution in [0.15, 0.2) is 88.1 Å². The second-order valence-corrected chi connectivity index (χ2v) is 11.1. The molecule has 212 valence electrons. The Labute approximate surface area is 253 Å². The summed E-state index contributed by atoms with van der Waals surface area (Å²) in [5, 5.41) is 9.71. The van der Waals surface area contributed by atoms with Crippen molar-refractivity contribution < 1.29 is 13.9 Å². The molecule has 5 aromatic rings. The van der Waals surface area contributed by atoms with Crippen LogP contribution < -0.4 is 15.1 Å². The molecule has 0 spiro atoms. The molecule has 5 rings (SSSR count). The van der Waals surface area contributed by atoms with E-state index >= 15 is 0 Å². The third-order valence-electron chi connectivity index (χ3n) is 6.92. The number of benzene rings is 3. The molecule has 8 heteroatoms. The van der Waals surface area contributed by atoms with Gasteiger partial charge in [0.15, 0.2) is 0 Å². The standard InChI is InChI=1S/C33H34IN3O4/c1-2-3-4-5-6-7-20-39-28-16-10-24(11-17-28)22-37-33(34)32(35-36-37)27-12-8-25(9-13-27)23-40-29-18-14-26-15-19-31(38)41-30(26)21-29/h8-19,21H,2-7,20,22-23H2,1H3. The molecule has 2 aromatic heterocycles. The highest BCUT2D eigenvalue weighted by atomic mass is 127. The highest BCUT2D eigenvalue weighted by Crippen LogP contribution is 2.25. The fourth-order valence-electron chi connectivity index (χ4n) is 4.57. The molecule has 0 radical (unpaired) electrons. The Bertz CT molecular complexity index is 1610. The molecule has 0 saturated heterocycles. The van der Waals surface area contributed by atoms with Gasteiger partial charge in [0.2, 0.25) is 0 Å². The third kappa shape index (κ3) is 7.97. The number of hydrogen-bond acceptors (Lipinski definition) is 6. The number of fused-ring (bicyclic) bond motifs is 1. The Morgan fingerprint density at radius 3 is 2.32 bits per heavy atom. The maximum absolute atomic E-state index is 11.5. The predicted octanol–water partition coefficient (Wildman–Crippen LogP) is 8.02. The molecule has 3 aromatic carbocycles. The average Bonchev–Trinajstić information content (AvgIpc) is 3.35. The van der Waals surface area contributed by atoms with E-state index in [1.807, 2.05) is 53.2 Å². The van der Waals surface area contributed by atoms with Gasteiger partial charge in [0, 0.05) is 23.1 Å². The van der Waals surface area contributed by atoms with Crippen LogP contribution in [0, 0.1) is 3.70 Å². The van der Waals surface area contributed by atoms with Gasteiger partial charge in [-0.05, 0) is 70.5 Å². The van der Waals surface area contributed by atoms with Crippen molar-refractivity contribution in [2.24, 2.45) is 0 Å². The second-order valence-electron chi connectivity index (χ2n) is 10.1. The molecule has 0 aliphatic heterocycles. The summed E-state index contributed by atoms with van der Waals surface area (Å²) < 4.78 is 20.0. The lowest BCUT2D eigenvalue weighted by Crippen LogP contribution is -2.04. The number of aromatic nitrogens is 3. The van der Waals surface area contributed by atoms with E-state index in [9.17, 15) is 4.79 Å². The first-order chi connectivity index (χ1) is 20.1. The summed E-state index contributed by atoms with van der Waals surface area (Å²) in [5.74, 6) is 1.55. The zero-order chi connectivity index (χ0) is 28.4. The molecule has 0 N–H and O–H groups in total. The van der Waals surface area contributed by atoms with E-state index in [2.05, 4.69) is 52.0 Å². The monoisotopic (exact) mass is 663 g/mol. The van der Waals surface area contributed by atoms with Crippen molar-refractivity contribution in [1.82, 2.24) is 15.0 Å². The van der Waals surface area contributed by atoms with E-state index in [1.54, 1.807) is 12.1 Å². The van der Waals surface area contributed by atoms with Crippen LogP contribution in [-0.2, 0) is 13.2 Å². The topological polar surface area (TPSA) is 79.4 Å². The first-order valence-electron chi connectivity index (χ1n) is 14.2. The van der Waals surface area contributed by atoms with Gasteiger partial charge in [-0.15, -0.1) is 5.10 Å². The smallest absolute Gasteiger partial charge is 0.336 e. The zero-order valence-corrected chi connectivity index (χ0v) is 25.4. The van der Waals surface area contributed by atoms with E-state index < -0.39 is 0 Å². The van der Waals surface area contributed by atoms with Gasteiger partial charge in [-0.25, -0.2) is 9.48 Å². The largest absolute Gasteiger partial charge is 0.494 e. The number of ether oxygens (including phenoxy) is 2. The summed E-state index contributed by atoms with van der Waals surface area (Å²) in [5.41, 5.74) is 4.14. The first kappa shape index (κ1) is 28.9. The third-order valence-corrected chi connectivity index (χ3v) is 7.99. The van der Waals surface area contributed by atoms with Crippen LogP contribution in [-0.4, -0.2) is 21.6 Å². The highest BCUT2D eigenvalue weighted by molar-refractivity contribution is 14.1. The first-order valence-corrected chi connectivity index (χ1v) is 15.2. The Morgan fingerprint density at radius 2 is 1.51 bits per heavy atom. The maximum atomic E-state index is 11.5. The Hall–Kier alpha value is -3.66. The van der Waals surface area contributed by atoms with Gasteiger partial charge in [-0.2, -0.15) is 0 Å². The molecule has 0 bridgehead atoms. The van der Waals surface area contributed by atoms with E-state index in [-0.39, 0.29) is 5.63 Å². The summed E-state index contributed by atoms with van der Waals surface area (Å²) in [4.78, 5) is 11.5. The summed E-state index contributed by atoms with van der Waals surface area (Å²) in [6.45, 7) is 4.04. The number of hydrogen-bond donors (Lipinski definition) is 0. The van der Waals surface area contributed by atoms with Crippen molar-refractivity contribution >= 4 is 33.6 Å². The second kappa shape index (κ2) is 14.3. The zero-order valence-electron chi connectivity index (χ0n) is 23.2. The molecular formula is C33H34IN3O4. The molecule has 0 amide bonds. The van der Waals surface area contributed by atoms with Crippen LogP contribution in [0.5, 0.6) is 11.5 Å². The Kier molecular flexibility index (Phi) is 10.1. The van der Waals surface area contributed by atoms with Crippen LogP contribution in [0.2, 0.25) is 0 Å². The van der Waals surface area contributed by atoms with Crippen LogP contribution >= 0.6 is 22.6 Å². The number of halogens is 1. The van der Waals surface area contributed by atoms with Gasteiger partial charge >= 0.3 is 5.63 Å². The Morgan fingerprint density at radius 1 is 0.805 bits per heavy atom. The van der Waals surface area contributed by atoms with Crippen LogP contribution in [0.1, 0.15) is 56.6 Å². The van der Waals surface area contributed by atoms with Crippen LogP contribution in [0.3, 0.4) is 0 Å². The minimum Gasteiger partial charge on any atom is -0.494 e. The van der Waals surface area contributed by atoms with Crippen LogP contribution in [0.25, 0.3) is 22.2 Å². The highest BCUT2D eigenvalue weighted by Gasteiger charge is 2.13. The minimum absolute atomic E-state index is 0.376. The van der Waals surface area contributed by atoms with E-state index in [4.69, 9.17) is 13.9 Å². The average molecular weight is 664 g/mol. The van der Waals surface area contributed by atoms with Gasteiger partial charge in [-0.3, -0.25) is 0 Å². The molecule has 0 aliphatic carbocycles.